The van der Waals surface area contributed by atoms with Crippen LogP contribution in [-0.4, -0.2) is 35.2 Å². The van der Waals surface area contributed by atoms with Crippen LogP contribution in [0.2, 0.25) is 0 Å². The molecule has 0 bridgehead atoms. The van der Waals surface area contributed by atoms with Crippen molar-refractivity contribution in [3.05, 3.63) is 11.6 Å². The molecule has 3 N–H and O–H groups in total. The minimum atomic E-state index is 0.567. The van der Waals surface area contributed by atoms with Crippen molar-refractivity contribution in [1.29, 1.82) is 0 Å². The van der Waals surface area contributed by atoms with Gasteiger partial charge in [0.05, 0.1) is 6.54 Å². The Bertz CT molecular complexity index is 289. The van der Waals surface area contributed by atoms with Gasteiger partial charge < -0.3 is 10.6 Å². The van der Waals surface area contributed by atoms with Gasteiger partial charge in [-0.3, -0.25) is 10.1 Å². The summed E-state index contributed by atoms with van der Waals surface area (Å²) in [6.07, 6.45) is 0. The first kappa shape index (κ1) is 9.50. The first-order valence-electron chi connectivity index (χ1n) is 4.02. The smallest absolute Gasteiger partial charge is 0.191 e. The summed E-state index contributed by atoms with van der Waals surface area (Å²) in [5, 5.41) is 12.7. The molecule has 0 radical (unpaired) electrons. The van der Waals surface area contributed by atoms with E-state index in [4.69, 9.17) is 0 Å². The number of aliphatic imine (C=N–C) groups is 1. The number of aromatic amines is 1. The van der Waals surface area contributed by atoms with Crippen LogP contribution in [0.1, 0.15) is 11.6 Å². The summed E-state index contributed by atoms with van der Waals surface area (Å²) in [6.45, 7) is 2.43. The third-order valence-electron chi connectivity index (χ3n) is 1.52. The summed E-state index contributed by atoms with van der Waals surface area (Å²) in [4.78, 5) is 8.10. The average Bonchev–Trinajstić information content (AvgIpc) is 2.53. The van der Waals surface area contributed by atoms with Gasteiger partial charge in [0.15, 0.2) is 11.8 Å². The molecule has 1 aromatic rings. The zero-order valence-electron chi connectivity index (χ0n) is 8.05. The van der Waals surface area contributed by atoms with Gasteiger partial charge in [0.25, 0.3) is 0 Å². The number of guanidine groups is 1. The molecule has 0 aliphatic heterocycles. The molecule has 0 aromatic carbocycles. The van der Waals surface area contributed by atoms with Crippen molar-refractivity contribution in [3.63, 3.8) is 0 Å². The topological polar surface area (TPSA) is 78.0 Å². The number of nitrogens with zero attached hydrogens (tertiary/aromatic N) is 3. The summed E-state index contributed by atoms with van der Waals surface area (Å²) >= 11 is 0. The average molecular weight is 182 g/mol. The van der Waals surface area contributed by atoms with E-state index in [1.54, 1.807) is 14.1 Å². The lowest BCUT2D eigenvalue weighted by molar-refractivity contribution is 0.805. The number of aryl methyl sites for hydroxylation is 1. The van der Waals surface area contributed by atoms with Crippen molar-refractivity contribution in [2.45, 2.75) is 13.5 Å². The number of hydrogen-bond donors (Lipinski definition) is 3. The predicted molar refractivity (Wildman–Crippen MR) is 50.4 cm³/mol. The summed E-state index contributed by atoms with van der Waals surface area (Å²) in [5.74, 6) is 2.27. The molecule has 0 aliphatic carbocycles. The van der Waals surface area contributed by atoms with Gasteiger partial charge >= 0.3 is 0 Å². The van der Waals surface area contributed by atoms with Gasteiger partial charge in [-0.25, -0.2) is 4.98 Å². The van der Waals surface area contributed by atoms with Gasteiger partial charge in [0, 0.05) is 14.1 Å². The summed E-state index contributed by atoms with van der Waals surface area (Å²) < 4.78 is 0. The molecule has 0 saturated carbocycles. The Morgan fingerprint density at radius 3 is 2.85 bits per heavy atom. The lowest BCUT2D eigenvalue weighted by Crippen LogP contribution is -2.34. The van der Waals surface area contributed by atoms with E-state index in [1.165, 1.54) is 0 Å². The molecule has 0 aliphatic rings. The molecule has 0 unspecified atom stereocenters. The lowest BCUT2D eigenvalue weighted by Gasteiger charge is -2.04. The van der Waals surface area contributed by atoms with Gasteiger partial charge in [-0.15, -0.1) is 0 Å². The van der Waals surface area contributed by atoms with E-state index in [0.29, 0.717) is 6.54 Å². The van der Waals surface area contributed by atoms with E-state index in [1.807, 2.05) is 6.92 Å². The van der Waals surface area contributed by atoms with Crippen LogP contribution < -0.4 is 10.6 Å². The molecule has 72 valence electrons. The normalized spacial score (nSPS) is 11.5. The van der Waals surface area contributed by atoms with Crippen LogP contribution in [0.4, 0.5) is 0 Å². The fourth-order valence-corrected chi connectivity index (χ4v) is 0.910. The summed E-state index contributed by atoms with van der Waals surface area (Å²) in [6, 6.07) is 0. The summed E-state index contributed by atoms with van der Waals surface area (Å²) in [7, 11) is 3.51. The van der Waals surface area contributed by atoms with Crippen molar-refractivity contribution >= 4 is 5.96 Å². The highest BCUT2D eigenvalue weighted by Gasteiger charge is 1.99. The molecule has 0 amide bonds. The Morgan fingerprint density at radius 2 is 2.38 bits per heavy atom. The molecule has 0 spiro atoms. The number of aromatic nitrogens is 3. The Labute approximate surface area is 76.9 Å². The third kappa shape index (κ3) is 2.73. The molecule has 1 heterocycles. The Morgan fingerprint density at radius 1 is 1.62 bits per heavy atom. The SMILES string of the molecule is CN=C(NC)NCc1n[nH]c(C)n1. The standard InChI is InChI=1S/C7H14N6/c1-5-11-6(13-12-5)4-10-7(8-2)9-3/h4H2,1-3H3,(H2,8,9,10)(H,11,12,13). The van der Waals surface area contributed by atoms with E-state index in [9.17, 15) is 0 Å². The van der Waals surface area contributed by atoms with Gasteiger partial charge in [0.1, 0.15) is 5.82 Å². The van der Waals surface area contributed by atoms with Crippen molar-refractivity contribution in [3.8, 4) is 0 Å². The first-order chi connectivity index (χ1) is 6.26. The van der Waals surface area contributed by atoms with Crippen molar-refractivity contribution in [2.75, 3.05) is 14.1 Å². The molecule has 0 fully saturated rings. The molecule has 1 rings (SSSR count). The van der Waals surface area contributed by atoms with Crippen LogP contribution in [0.25, 0.3) is 0 Å². The monoisotopic (exact) mass is 182 g/mol. The Balaban J connectivity index is 2.43. The van der Waals surface area contributed by atoms with Crippen LogP contribution in [0.5, 0.6) is 0 Å². The lowest BCUT2D eigenvalue weighted by atomic mass is 10.6. The minimum Gasteiger partial charge on any atom is -0.359 e. The fraction of sp³-hybridized carbons (Fsp3) is 0.571. The number of H-pyrrole nitrogens is 1. The molecule has 6 nitrogen and oxygen atoms in total. The highest BCUT2D eigenvalue weighted by atomic mass is 15.2. The Kier molecular flexibility index (Phi) is 3.24. The van der Waals surface area contributed by atoms with Crippen LogP contribution in [-0.2, 0) is 6.54 Å². The zero-order chi connectivity index (χ0) is 9.68. The van der Waals surface area contributed by atoms with E-state index < -0.39 is 0 Å². The maximum absolute atomic E-state index is 4.14. The van der Waals surface area contributed by atoms with Crippen molar-refractivity contribution in [2.24, 2.45) is 4.99 Å². The zero-order valence-corrected chi connectivity index (χ0v) is 8.05. The van der Waals surface area contributed by atoms with Gasteiger partial charge in [0.2, 0.25) is 0 Å². The van der Waals surface area contributed by atoms with Crippen LogP contribution in [0.15, 0.2) is 4.99 Å². The highest BCUT2D eigenvalue weighted by molar-refractivity contribution is 5.79. The minimum absolute atomic E-state index is 0.567. The molecule has 1 aromatic heterocycles. The van der Waals surface area contributed by atoms with E-state index in [2.05, 4.69) is 30.8 Å². The molecule has 13 heavy (non-hydrogen) atoms. The first-order valence-corrected chi connectivity index (χ1v) is 4.02. The largest absolute Gasteiger partial charge is 0.359 e. The molecular formula is C7H14N6. The van der Waals surface area contributed by atoms with Gasteiger partial charge in [-0.1, -0.05) is 0 Å². The maximum Gasteiger partial charge on any atom is 0.191 e. The van der Waals surface area contributed by atoms with E-state index >= 15 is 0 Å². The molecular weight excluding hydrogens is 168 g/mol. The van der Waals surface area contributed by atoms with E-state index in [-0.39, 0.29) is 0 Å². The molecule has 6 heteroatoms. The summed E-state index contributed by atoms with van der Waals surface area (Å²) in [5.41, 5.74) is 0. The Hall–Kier alpha value is -1.59. The van der Waals surface area contributed by atoms with Crippen molar-refractivity contribution < 1.29 is 0 Å². The second-order valence-corrected chi connectivity index (χ2v) is 2.51. The van der Waals surface area contributed by atoms with Gasteiger partial charge in [-0.2, -0.15) is 5.10 Å². The molecule has 0 saturated heterocycles. The number of rotatable bonds is 2. The fourth-order valence-electron chi connectivity index (χ4n) is 0.910. The number of nitrogens with one attached hydrogen (secondary N) is 3. The van der Waals surface area contributed by atoms with Crippen LogP contribution in [0.3, 0.4) is 0 Å². The van der Waals surface area contributed by atoms with Gasteiger partial charge in [-0.05, 0) is 6.92 Å². The second kappa shape index (κ2) is 4.44. The third-order valence-corrected chi connectivity index (χ3v) is 1.52. The second-order valence-electron chi connectivity index (χ2n) is 2.51. The van der Waals surface area contributed by atoms with Crippen LogP contribution in [0, 0.1) is 6.92 Å². The molecule has 0 atom stereocenters. The van der Waals surface area contributed by atoms with Crippen LogP contribution >= 0.6 is 0 Å². The van der Waals surface area contributed by atoms with Crippen molar-refractivity contribution in [1.82, 2.24) is 25.8 Å². The predicted octanol–water partition coefficient (Wildman–Crippen LogP) is -0.592. The number of hydrogen-bond acceptors (Lipinski definition) is 3. The maximum atomic E-state index is 4.14. The van der Waals surface area contributed by atoms with E-state index in [0.717, 1.165) is 17.6 Å². The quantitative estimate of drug-likeness (QED) is 0.422. The highest BCUT2D eigenvalue weighted by Crippen LogP contribution is 1.88.